The first kappa shape index (κ1) is 14.1. The van der Waals surface area contributed by atoms with E-state index in [-0.39, 0.29) is 0 Å². The Balaban J connectivity index is 2.24. The van der Waals surface area contributed by atoms with Gasteiger partial charge in [-0.15, -0.1) is 0 Å². The van der Waals surface area contributed by atoms with Gasteiger partial charge in [0, 0.05) is 0 Å². The minimum atomic E-state index is -0.665. The van der Waals surface area contributed by atoms with Gasteiger partial charge in [-0.1, -0.05) is 52.0 Å². The van der Waals surface area contributed by atoms with Crippen molar-refractivity contribution in [3.8, 4) is 0 Å². The molecule has 2 rings (SSSR count). The van der Waals surface area contributed by atoms with Crippen molar-refractivity contribution in [1.82, 2.24) is 0 Å². The first-order valence-corrected chi connectivity index (χ1v) is 7.20. The van der Waals surface area contributed by atoms with Gasteiger partial charge in [-0.25, -0.2) is 0 Å². The molecular weight excluding hydrogens is 236 g/mol. The number of hydrogen-bond acceptors (Lipinski definition) is 1. The molecule has 0 heterocycles. The van der Waals surface area contributed by atoms with Gasteiger partial charge in [0.25, 0.3) is 0 Å². The molecule has 0 aliphatic heterocycles. The molecule has 0 saturated heterocycles. The third-order valence-electron chi connectivity index (χ3n) is 4.70. The van der Waals surface area contributed by atoms with Crippen LogP contribution in [-0.2, 0) is 10.2 Å². The zero-order valence-corrected chi connectivity index (χ0v) is 12.3. The third-order valence-corrected chi connectivity index (χ3v) is 4.70. The van der Waals surface area contributed by atoms with Crippen LogP contribution >= 0.6 is 0 Å². The second-order valence-electron chi connectivity index (χ2n) is 6.58. The lowest BCUT2D eigenvalue weighted by molar-refractivity contribution is -0.150. The number of hydrogen-bond donors (Lipinski definition) is 1. The van der Waals surface area contributed by atoms with E-state index in [0.29, 0.717) is 17.8 Å². The molecule has 1 aliphatic rings. The largest absolute Gasteiger partial charge is 0.481 e. The molecule has 1 fully saturated rings. The molecule has 1 aliphatic carbocycles. The number of aliphatic carboxylic acids is 1. The van der Waals surface area contributed by atoms with E-state index in [9.17, 15) is 9.90 Å². The Kier molecular flexibility index (Phi) is 3.71. The van der Waals surface area contributed by atoms with Gasteiger partial charge in [-0.3, -0.25) is 4.79 Å². The molecule has 0 radical (unpaired) electrons. The van der Waals surface area contributed by atoms with Crippen molar-refractivity contribution in [3.63, 3.8) is 0 Å². The summed E-state index contributed by atoms with van der Waals surface area (Å²) in [6, 6.07) is 8.18. The number of carboxylic acid groups (broad SMARTS) is 1. The highest BCUT2D eigenvalue weighted by Gasteiger charge is 2.52. The maximum atomic E-state index is 11.7. The Morgan fingerprint density at radius 3 is 2.05 bits per heavy atom. The van der Waals surface area contributed by atoms with E-state index >= 15 is 0 Å². The van der Waals surface area contributed by atoms with E-state index in [2.05, 4.69) is 39.8 Å². The van der Waals surface area contributed by atoms with Crippen LogP contribution in [0.15, 0.2) is 24.3 Å². The second kappa shape index (κ2) is 4.99. The van der Waals surface area contributed by atoms with Crippen molar-refractivity contribution in [2.24, 2.45) is 11.8 Å². The molecule has 2 heteroatoms. The molecule has 1 N–H and O–H groups in total. The van der Waals surface area contributed by atoms with Crippen molar-refractivity contribution in [2.45, 2.75) is 51.9 Å². The summed E-state index contributed by atoms with van der Waals surface area (Å²) in [5.41, 5.74) is 1.61. The lowest BCUT2D eigenvalue weighted by Crippen LogP contribution is -2.49. The van der Waals surface area contributed by atoms with Crippen molar-refractivity contribution < 1.29 is 9.90 Å². The Hall–Kier alpha value is -1.31. The summed E-state index contributed by atoms with van der Waals surface area (Å²) in [5, 5.41) is 9.62. The lowest BCUT2D eigenvalue weighted by Gasteiger charge is -2.46. The highest BCUT2D eigenvalue weighted by atomic mass is 16.4. The fourth-order valence-electron chi connectivity index (χ4n) is 3.03. The number of rotatable bonds is 4. The summed E-state index contributed by atoms with van der Waals surface area (Å²) >= 11 is 0. The number of carbonyl (C=O) groups is 1. The zero-order valence-electron chi connectivity index (χ0n) is 12.3. The summed E-state index contributed by atoms with van der Waals surface area (Å²) in [7, 11) is 0. The van der Waals surface area contributed by atoms with Crippen LogP contribution in [0.4, 0.5) is 0 Å². The molecule has 1 saturated carbocycles. The fraction of sp³-hybridized carbons (Fsp3) is 0.588. The van der Waals surface area contributed by atoms with E-state index in [1.165, 1.54) is 5.56 Å². The van der Waals surface area contributed by atoms with Gasteiger partial charge >= 0.3 is 5.97 Å². The van der Waals surface area contributed by atoms with Gasteiger partial charge < -0.3 is 5.11 Å². The quantitative estimate of drug-likeness (QED) is 0.881. The van der Waals surface area contributed by atoms with Gasteiger partial charge in [0.2, 0.25) is 0 Å². The lowest BCUT2D eigenvalue weighted by atomic mass is 9.56. The van der Waals surface area contributed by atoms with Crippen LogP contribution in [0.2, 0.25) is 0 Å². The topological polar surface area (TPSA) is 37.3 Å². The Morgan fingerprint density at radius 2 is 1.68 bits per heavy atom. The SMILES string of the molecule is CC(C)c1ccc(C2(C(=O)O)CC(C(C)C)C2)cc1. The van der Waals surface area contributed by atoms with Gasteiger partial charge in [0.15, 0.2) is 0 Å². The number of carboxylic acids is 1. The van der Waals surface area contributed by atoms with Crippen LogP contribution < -0.4 is 0 Å². The standard InChI is InChI=1S/C17H24O2/c1-11(2)13-5-7-15(8-6-13)17(16(18)19)9-14(10-17)12(3)4/h5-8,11-12,14H,9-10H2,1-4H3,(H,18,19). The molecule has 19 heavy (non-hydrogen) atoms. The van der Waals surface area contributed by atoms with Crippen molar-refractivity contribution >= 4 is 5.97 Å². The number of benzene rings is 1. The highest BCUT2D eigenvalue weighted by molar-refractivity contribution is 5.82. The predicted octanol–water partition coefficient (Wildman–Crippen LogP) is 4.20. The maximum absolute atomic E-state index is 11.7. The van der Waals surface area contributed by atoms with Gasteiger partial charge in [0.05, 0.1) is 5.41 Å². The molecule has 0 aromatic heterocycles. The average molecular weight is 260 g/mol. The second-order valence-corrected chi connectivity index (χ2v) is 6.58. The molecular formula is C17H24O2. The molecule has 0 amide bonds. The molecule has 0 spiro atoms. The van der Waals surface area contributed by atoms with Crippen molar-refractivity contribution in [2.75, 3.05) is 0 Å². The minimum absolute atomic E-state index is 0.486. The Morgan fingerprint density at radius 1 is 1.16 bits per heavy atom. The minimum Gasteiger partial charge on any atom is -0.481 e. The fourth-order valence-corrected chi connectivity index (χ4v) is 3.03. The summed E-state index contributed by atoms with van der Waals surface area (Å²) in [5.74, 6) is 0.935. The first-order chi connectivity index (χ1) is 8.86. The molecule has 0 atom stereocenters. The van der Waals surface area contributed by atoms with E-state index in [0.717, 1.165) is 18.4 Å². The molecule has 1 aromatic rings. The smallest absolute Gasteiger partial charge is 0.314 e. The molecule has 0 bridgehead atoms. The Labute approximate surface area is 115 Å². The average Bonchev–Trinajstić information content (AvgIpc) is 2.27. The summed E-state index contributed by atoms with van der Waals surface area (Å²) in [6.45, 7) is 8.66. The van der Waals surface area contributed by atoms with Crippen molar-refractivity contribution in [1.29, 1.82) is 0 Å². The first-order valence-electron chi connectivity index (χ1n) is 7.20. The van der Waals surface area contributed by atoms with E-state index in [1.54, 1.807) is 0 Å². The van der Waals surface area contributed by atoms with Crippen LogP contribution in [0, 0.1) is 11.8 Å². The summed E-state index contributed by atoms with van der Waals surface area (Å²) < 4.78 is 0. The normalized spacial score (nSPS) is 26.5. The molecule has 0 unspecified atom stereocenters. The highest BCUT2D eigenvalue weighted by Crippen LogP contribution is 2.51. The third kappa shape index (κ3) is 2.41. The monoisotopic (exact) mass is 260 g/mol. The van der Waals surface area contributed by atoms with E-state index < -0.39 is 11.4 Å². The molecule has 1 aromatic carbocycles. The van der Waals surface area contributed by atoms with Gasteiger partial charge in [-0.05, 0) is 41.7 Å². The van der Waals surface area contributed by atoms with Gasteiger partial charge in [0.1, 0.15) is 0 Å². The predicted molar refractivity (Wildman–Crippen MR) is 77.4 cm³/mol. The van der Waals surface area contributed by atoms with E-state index in [4.69, 9.17) is 0 Å². The van der Waals surface area contributed by atoms with Gasteiger partial charge in [-0.2, -0.15) is 0 Å². The summed E-state index contributed by atoms with van der Waals surface area (Å²) in [6.07, 6.45) is 1.56. The zero-order chi connectivity index (χ0) is 14.2. The maximum Gasteiger partial charge on any atom is 0.314 e. The summed E-state index contributed by atoms with van der Waals surface area (Å²) in [4.78, 5) is 11.7. The Bertz CT molecular complexity index is 451. The van der Waals surface area contributed by atoms with Crippen LogP contribution in [0.1, 0.15) is 57.6 Å². The van der Waals surface area contributed by atoms with E-state index in [1.807, 2.05) is 12.1 Å². The van der Waals surface area contributed by atoms with Crippen LogP contribution in [-0.4, -0.2) is 11.1 Å². The van der Waals surface area contributed by atoms with Crippen molar-refractivity contribution in [3.05, 3.63) is 35.4 Å². The molecule has 2 nitrogen and oxygen atoms in total. The van der Waals surface area contributed by atoms with Crippen LogP contribution in [0.3, 0.4) is 0 Å². The molecule has 104 valence electrons. The van der Waals surface area contributed by atoms with Crippen LogP contribution in [0.25, 0.3) is 0 Å². The van der Waals surface area contributed by atoms with Crippen LogP contribution in [0.5, 0.6) is 0 Å².